The van der Waals surface area contributed by atoms with E-state index in [4.69, 9.17) is 0 Å². The Morgan fingerprint density at radius 1 is 1.07 bits per heavy atom. The summed E-state index contributed by atoms with van der Waals surface area (Å²) in [4.78, 5) is 16.3. The van der Waals surface area contributed by atoms with Crippen molar-refractivity contribution in [2.75, 3.05) is 0 Å². The molecule has 4 aliphatic rings. The molecule has 162 valence electrons. The Morgan fingerprint density at radius 3 is 2.63 bits per heavy atom. The molecule has 5 heteroatoms. The molecule has 1 heterocycles. The molecule has 0 saturated heterocycles. The van der Waals surface area contributed by atoms with E-state index in [0.29, 0.717) is 22.8 Å². The first-order valence-electron chi connectivity index (χ1n) is 11.9. The van der Waals surface area contributed by atoms with Crippen LogP contribution in [0.2, 0.25) is 0 Å². The summed E-state index contributed by atoms with van der Waals surface area (Å²) in [5, 5.41) is 15.2. The van der Waals surface area contributed by atoms with E-state index in [9.17, 15) is 9.90 Å². The zero-order valence-corrected chi connectivity index (χ0v) is 18.3. The molecule has 1 aromatic rings. The van der Waals surface area contributed by atoms with Gasteiger partial charge in [-0.2, -0.15) is 5.10 Å². The van der Waals surface area contributed by atoms with Crippen molar-refractivity contribution in [3.8, 4) is 0 Å². The monoisotopic (exact) mass is 409 g/mol. The number of aliphatic hydroxyl groups is 1. The van der Waals surface area contributed by atoms with Gasteiger partial charge < -0.3 is 5.11 Å². The molecule has 0 bridgehead atoms. The van der Waals surface area contributed by atoms with Crippen molar-refractivity contribution >= 4 is 11.6 Å². The third-order valence-electron chi connectivity index (χ3n) is 9.71. The molecule has 4 fully saturated rings. The topological polar surface area (TPSA) is 74.6 Å². The number of pyridine rings is 1. The van der Waals surface area contributed by atoms with Gasteiger partial charge in [0.25, 0.3) is 5.91 Å². The molecule has 0 spiro atoms. The summed E-state index contributed by atoms with van der Waals surface area (Å²) in [5.41, 5.74) is 5.05. The summed E-state index contributed by atoms with van der Waals surface area (Å²) in [6.07, 6.45) is 13.6. The number of aliphatic hydroxyl groups excluding tert-OH is 1. The highest BCUT2D eigenvalue weighted by Gasteiger charge is 2.59. The number of carbonyl (C=O) groups is 1. The first-order valence-corrected chi connectivity index (χ1v) is 11.9. The van der Waals surface area contributed by atoms with Gasteiger partial charge >= 0.3 is 0 Å². The summed E-state index contributed by atoms with van der Waals surface area (Å²) in [6.45, 7) is 4.89. The molecule has 30 heavy (non-hydrogen) atoms. The van der Waals surface area contributed by atoms with E-state index in [-0.39, 0.29) is 17.4 Å². The number of hydrogen-bond donors (Lipinski definition) is 2. The molecule has 7 unspecified atom stereocenters. The molecule has 4 saturated carbocycles. The predicted octanol–water partition coefficient (Wildman–Crippen LogP) is 4.57. The van der Waals surface area contributed by atoms with Gasteiger partial charge in [-0.15, -0.1) is 0 Å². The van der Waals surface area contributed by atoms with E-state index < -0.39 is 0 Å². The van der Waals surface area contributed by atoms with Crippen molar-refractivity contribution in [1.82, 2.24) is 10.4 Å². The minimum Gasteiger partial charge on any atom is -0.393 e. The van der Waals surface area contributed by atoms with Crippen LogP contribution in [-0.4, -0.2) is 27.8 Å². The first-order chi connectivity index (χ1) is 14.4. The molecular formula is C25H35N3O2. The Kier molecular flexibility index (Phi) is 5.00. The SMILES string of the molecule is CC12CCC3C(CCC4C/C(=N/NC(=O)c5ccncc5)CCC43C)C1CCC2O. The van der Waals surface area contributed by atoms with Gasteiger partial charge in [-0.25, -0.2) is 5.43 Å². The van der Waals surface area contributed by atoms with E-state index in [1.807, 2.05) is 0 Å². The van der Waals surface area contributed by atoms with Gasteiger partial charge in [0.1, 0.15) is 0 Å². The van der Waals surface area contributed by atoms with Gasteiger partial charge in [0.2, 0.25) is 0 Å². The van der Waals surface area contributed by atoms with Crippen molar-refractivity contribution in [2.24, 2.45) is 39.6 Å². The highest BCUT2D eigenvalue weighted by Crippen LogP contribution is 2.65. The number of amides is 1. The highest BCUT2D eigenvalue weighted by molar-refractivity contribution is 5.95. The fourth-order valence-electron chi connectivity index (χ4n) is 7.83. The second-order valence-electron chi connectivity index (χ2n) is 10.9. The molecule has 2 N–H and O–H groups in total. The van der Waals surface area contributed by atoms with Crippen LogP contribution in [0.3, 0.4) is 0 Å². The Hall–Kier alpha value is -1.75. The van der Waals surface area contributed by atoms with Gasteiger partial charge in [0.15, 0.2) is 0 Å². The minimum atomic E-state index is -0.159. The molecule has 0 aliphatic heterocycles. The molecule has 0 aromatic carbocycles. The van der Waals surface area contributed by atoms with Crippen molar-refractivity contribution < 1.29 is 9.90 Å². The van der Waals surface area contributed by atoms with Crippen LogP contribution in [0.1, 0.15) is 82.0 Å². The quantitative estimate of drug-likeness (QED) is 0.703. The summed E-state index contributed by atoms with van der Waals surface area (Å²) in [5.74, 6) is 2.78. The molecule has 1 amide bonds. The van der Waals surface area contributed by atoms with Crippen molar-refractivity contribution in [1.29, 1.82) is 0 Å². The Labute approximate surface area is 179 Å². The number of hydrogen-bond acceptors (Lipinski definition) is 4. The summed E-state index contributed by atoms with van der Waals surface area (Å²) >= 11 is 0. The minimum absolute atomic E-state index is 0.0944. The van der Waals surface area contributed by atoms with E-state index in [2.05, 4.69) is 29.4 Å². The zero-order chi connectivity index (χ0) is 20.9. The lowest BCUT2D eigenvalue weighted by Crippen LogP contribution is -2.54. The van der Waals surface area contributed by atoms with Crippen molar-refractivity contribution in [3.63, 3.8) is 0 Å². The number of rotatable bonds is 2. The van der Waals surface area contributed by atoms with Crippen LogP contribution in [0.25, 0.3) is 0 Å². The van der Waals surface area contributed by atoms with Crippen LogP contribution >= 0.6 is 0 Å². The molecule has 4 aliphatic carbocycles. The lowest BCUT2D eigenvalue weighted by atomic mass is 9.45. The maximum atomic E-state index is 12.3. The number of nitrogens with one attached hydrogen (secondary N) is 1. The highest BCUT2D eigenvalue weighted by atomic mass is 16.3. The largest absolute Gasteiger partial charge is 0.393 e. The summed E-state index contributed by atoms with van der Waals surface area (Å²) in [7, 11) is 0. The lowest BCUT2D eigenvalue weighted by molar-refractivity contribution is -0.112. The number of nitrogens with zero attached hydrogens (tertiary/aromatic N) is 2. The molecule has 0 radical (unpaired) electrons. The maximum absolute atomic E-state index is 12.3. The summed E-state index contributed by atoms with van der Waals surface area (Å²) in [6, 6.07) is 3.43. The number of hydrazone groups is 1. The number of fused-ring (bicyclic) bond motifs is 5. The first kappa shape index (κ1) is 20.2. The van der Waals surface area contributed by atoms with Crippen molar-refractivity contribution in [3.05, 3.63) is 30.1 Å². The third kappa shape index (κ3) is 3.12. The van der Waals surface area contributed by atoms with Crippen LogP contribution in [0.4, 0.5) is 0 Å². The van der Waals surface area contributed by atoms with Gasteiger partial charge in [-0.05, 0) is 104 Å². The van der Waals surface area contributed by atoms with Crippen LogP contribution in [0.15, 0.2) is 29.6 Å². The standard InChI is InChI=1S/C25H35N3O2/c1-24-11-7-18(27-28-23(30)16-9-13-26-14-10-16)15-17(24)3-4-19-20-5-6-22(29)25(20,2)12-8-21(19)24/h9-10,13-14,17,19-22,29H,3-8,11-12,15H2,1-2H3,(H,28,30)/b27-18+. The zero-order valence-electron chi connectivity index (χ0n) is 18.3. The van der Waals surface area contributed by atoms with E-state index in [0.717, 1.165) is 36.8 Å². The van der Waals surface area contributed by atoms with E-state index >= 15 is 0 Å². The van der Waals surface area contributed by atoms with Crippen LogP contribution in [0, 0.1) is 34.5 Å². The lowest BCUT2D eigenvalue weighted by Gasteiger charge is -2.60. The van der Waals surface area contributed by atoms with E-state index in [1.54, 1.807) is 24.5 Å². The van der Waals surface area contributed by atoms with Crippen LogP contribution in [-0.2, 0) is 0 Å². The fourth-order valence-corrected chi connectivity index (χ4v) is 7.83. The van der Waals surface area contributed by atoms with Crippen LogP contribution < -0.4 is 5.43 Å². The number of aromatic nitrogens is 1. The Morgan fingerprint density at radius 2 is 1.83 bits per heavy atom. The Bertz CT molecular complexity index is 840. The average molecular weight is 410 g/mol. The second-order valence-corrected chi connectivity index (χ2v) is 10.9. The summed E-state index contributed by atoms with van der Waals surface area (Å²) < 4.78 is 0. The fraction of sp³-hybridized carbons (Fsp3) is 0.720. The molecule has 5 nitrogen and oxygen atoms in total. The van der Waals surface area contributed by atoms with Gasteiger partial charge in [-0.1, -0.05) is 13.8 Å². The number of carbonyl (C=O) groups excluding carboxylic acids is 1. The molecule has 7 atom stereocenters. The smallest absolute Gasteiger partial charge is 0.271 e. The molecule has 1 aromatic heterocycles. The third-order valence-corrected chi connectivity index (χ3v) is 9.71. The van der Waals surface area contributed by atoms with Crippen molar-refractivity contribution in [2.45, 2.75) is 77.7 Å². The second kappa shape index (κ2) is 7.44. The maximum Gasteiger partial charge on any atom is 0.271 e. The van der Waals surface area contributed by atoms with Gasteiger partial charge in [0, 0.05) is 23.7 Å². The molecule has 5 rings (SSSR count). The van der Waals surface area contributed by atoms with E-state index in [1.165, 1.54) is 38.5 Å². The Balaban J connectivity index is 1.28. The van der Waals surface area contributed by atoms with Gasteiger partial charge in [0.05, 0.1) is 6.10 Å². The predicted molar refractivity (Wildman–Crippen MR) is 117 cm³/mol. The average Bonchev–Trinajstić information content (AvgIpc) is 3.07. The van der Waals surface area contributed by atoms with Gasteiger partial charge in [-0.3, -0.25) is 9.78 Å². The normalized spacial score (nSPS) is 44.1. The van der Waals surface area contributed by atoms with Crippen LogP contribution in [0.5, 0.6) is 0 Å². The molecular weight excluding hydrogens is 374 g/mol.